The number of hydrogen-bond donors (Lipinski definition) is 1. The lowest BCUT2D eigenvalue weighted by Crippen LogP contribution is -2.71. The molecule has 19 heteroatoms. The van der Waals surface area contributed by atoms with E-state index in [0.717, 1.165) is 0 Å². The van der Waals surface area contributed by atoms with Gasteiger partial charge in [-0.25, -0.2) is 0 Å². The van der Waals surface area contributed by atoms with Crippen LogP contribution in [0.25, 0.3) is 0 Å². The van der Waals surface area contributed by atoms with Crippen molar-refractivity contribution in [1.29, 1.82) is 0 Å². The molecule has 0 aromatic rings. The highest BCUT2D eigenvalue weighted by Gasteiger charge is 2.56. The first-order valence-electron chi connectivity index (χ1n) is 19.8. The highest BCUT2D eigenvalue weighted by atomic mass is 28.4. The molecule has 54 heavy (non-hydrogen) atoms. The lowest BCUT2D eigenvalue weighted by atomic mass is 9.95. The zero-order valence-corrected chi connectivity index (χ0v) is 45.2. The second kappa shape index (κ2) is 18.9. The van der Waals surface area contributed by atoms with E-state index in [1.54, 1.807) is 0 Å². The normalized spacial score (nSPS) is 31.1. The highest BCUT2D eigenvalue weighted by Crippen LogP contribution is 2.38. The Kier molecular flexibility index (Phi) is 17.7. The van der Waals surface area contributed by atoms with Crippen molar-refractivity contribution in [2.75, 3.05) is 13.2 Å². The van der Waals surface area contributed by atoms with Crippen LogP contribution in [-0.2, 0) is 50.0 Å². The minimum Gasteiger partial charge on any atom is -0.415 e. The first kappa shape index (κ1) is 50.7. The molecule has 6 unspecified atom stereocenters. The Morgan fingerprint density at radius 2 is 0.796 bits per heavy atom. The number of ether oxygens (including phenoxy) is 3. The second-order valence-corrected chi connectivity index (χ2v) is 53.1. The molecule has 0 radical (unpaired) electrons. The summed E-state index contributed by atoms with van der Waals surface area (Å²) in [6.07, 6.45) is -5.72. The van der Waals surface area contributed by atoms with Gasteiger partial charge in [0.2, 0.25) is 5.91 Å². The molecule has 0 spiro atoms. The third kappa shape index (κ3) is 19.1. The summed E-state index contributed by atoms with van der Waals surface area (Å²) in [5.74, 6) is -0.220. The van der Waals surface area contributed by atoms with Crippen LogP contribution in [0.1, 0.15) is 6.92 Å². The number of amides is 1. The second-order valence-electron chi connectivity index (χ2n) is 21.8. The van der Waals surface area contributed by atoms with Gasteiger partial charge in [0.25, 0.3) is 0 Å². The number of rotatable bonds is 19. The zero-order valence-electron chi connectivity index (χ0n) is 38.2. The minimum atomic E-state index is -2.26. The van der Waals surface area contributed by atoms with Gasteiger partial charge in [-0.15, -0.1) is 0 Å². The maximum absolute atomic E-state index is 13.1. The van der Waals surface area contributed by atoms with Crippen molar-refractivity contribution in [1.82, 2.24) is 5.32 Å². The average Bonchev–Trinajstić information content (AvgIpc) is 2.88. The van der Waals surface area contributed by atoms with Gasteiger partial charge in [-0.2, -0.15) is 0 Å². The van der Waals surface area contributed by atoms with E-state index < -0.39 is 120 Å². The van der Waals surface area contributed by atoms with E-state index in [2.05, 4.69) is 143 Å². The van der Waals surface area contributed by atoms with Gasteiger partial charge < -0.3 is 50.5 Å². The van der Waals surface area contributed by atoms with Crippen LogP contribution in [0.5, 0.6) is 0 Å². The van der Waals surface area contributed by atoms with Crippen LogP contribution in [0.2, 0.25) is 137 Å². The van der Waals surface area contributed by atoms with Gasteiger partial charge in [-0.1, -0.05) is 0 Å². The van der Waals surface area contributed by atoms with Crippen molar-refractivity contribution in [2.45, 2.75) is 206 Å². The maximum Gasteiger partial charge on any atom is 0.217 e. The monoisotopic (exact) mass is 887 g/mol. The van der Waals surface area contributed by atoms with E-state index in [0.29, 0.717) is 6.61 Å². The number of carbonyl (C=O) groups excluding carboxylic acids is 1. The molecule has 0 aromatic heterocycles. The van der Waals surface area contributed by atoms with E-state index in [-0.39, 0.29) is 12.5 Å². The molecule has 1 amide bonds. The van der Waals surface area contributed by atoms with Crippen LogP contribution in [0, 0.1) is 0 Å². The molecular weight excluding hydrogens is 807 g/mol. The molecule has 2 aliphatic rings. The molecule has 0 aliphatic carbocycles. The van der Waals surface area contributed by atoms with Crippen molar-refractivity contribution < 1.29 is 50.0 Å². The zero-order chi connectivity index (χ0) is 42.0. The number of nitrogens with one attached hydrogen (secondary N) is 1. The largest absolute Gasteiger partial charge is 0.415 e. The van der Waals surface area contributed by atoms with E-state index in [4.69, 9.17) is 45.2 Å². The summed E-state index contributed by atoms with van der Waals surface area (Å²) in [6, 6.07) is -0.711. The Labute approximate surface area is 337 Å². The topological polar surface area (TPSA) is 121 Å². The molecule has 0 bridgehead atoms. The fraction of sp³-hybridized carbons (Fsp3) is 0.971. The smallest absolute Gasteiger partial charge is 0.217 e. The fourth-order valence-corrected chi connectivity index (χ4v) is 12.7. The summed E-state index contributed by atoms with van der Waals surface area (Å²) in [5, 5.41) is 3.20. The molecule has 1 N–H and O–H groups in total. The number of carbonyl (C=O) groups is 1. The third-order valence-electron chi connectivity index (χ3n) is 7.69. The van der Waals surface area contributed by atoms with Crippen molar-refractivity contribution >= 4 is 64.1 Å². The van der Waals surface area contributed by atoms with Crippen LogP contribution < -0.4 is 5.32 Å². The standard InChI is InChI=1S/C35H81NO11Si7/c1-25(37)36-28-31(44-51(11,12)13)30(43-50(8,9)10)27(24-39-49(5,6)7)40-34(28)42-29-26(23-38-48(2,3)4)41-35(47-54(20,21)22)33(46-53(17,18)19)32(29)45-52(14,15)16/h26-35H,23-24H2,1-22H3,(H,36,37)/t26?,27-,28-,29?,30+,31-,32?,33?,34?,35?/m1/s1. The molecule has 2 rings (SSSR count). The number of hydrogen-bond acceptors (Lipinski definition) is 11. The SMILES string of the molecule is CC(=O)N[C@H]1C(OC2C(CO[Si](C)(C)C)OC(O[Si](C)(C)C)C(O[Si](C)(C)C)C2O[Si](C)(C)C)O[C@H](CO[Si](C)(C)C)[C@H](O[Si](C)(C)C)[C@@H]1O[Si](C)(C)C. The van der Waals surface area contributed by atoms with Crippen molar-refractivity contribution in [3.8, 4) is 0 Å². The maximum atomic E-state index is 13.1. The van der Waals surface area contributed by atoms with E-state index in [9.17, 15) is 4.79 Å². The summed E-state index contributed by atoms with van der Waals surface area (Å²) in [5.41, 5.74) is 0. The van der Waals surface area contributed by atoms with E-state index in [1.807, 2.05) is 0 Å². The van der Waals surface area contributed by atoms with Gasteiger partial charge in [0.05, 0.1) is 19.3 Å². The highest BCUT2D eigenvalue weighted by molar-refractivity contribution is 6.72. The van der Waals surface area contributed by atoms with Crippen LogP contribution in [-0.4, -0.2) is 139 Å². The molecule has 2 saturated heterocycles. The molecule has 10 atom stereocenters. The van der Waals surface area contributed by atoms with Crippen molar-refractivity contribution in [3.63, 3.8) is 0 Å². The van der Waals surface area contributed by atoms with E-state index in [1.165, 1.54) is 6.92 Å². The van der Waals surface area contributed by atoms with Gasteiger partial charge in [-0.3, -0.25) is 4.79 Å². The summed E-state index contributed by atoms with van der Waals surface area (Å²) >= 11 is 0. The van der Waals surface area contributed by atoms with Crippen LogP contribution in [0.3, 0.4) is 0 Å². The van der Waals surface area contributed by atoms with Crippen LogP contribution in [0.15, 0.2) is 0 Å². The molecule has 0 aromatic carbocycles. The van der Waals surface area contributed by atoms with Gasteiger partial charge in [0, 0.05) is 6.92 Å². The van der Waals surface area contributed by atoms with E-state index >= 15 is 0 Å². The predicted octanol–water partition coefficient (Wildman–Crippen LogP) is 7.76. The summed E-state index contributed by atoms with van der Waals surface area (Å²) in [7, 11) is -15.0. The predicted molar refractivity (Wildman–Crippen MR) is 236 cm³/mol. The van der Waals surface area contributed by atoms with Gasteiger partial charge in [0.1, 0.15) is 42.7 Å². The van der Waals surface area contributed by atoms with Crippen LogP contribution >= 0.6 is 0 Å². The summed E-state index contributed by atoms with van der Waals surface area (Å²) < 4.78 is 69.3. The van der Waals surface area contributed by atoms with Gasteiger partial charge >= 0.3 is 0 Å². The lowest BCUT2D eigenvalue weighted by Gasteiger charge is -2.53. The third-order valence-corrected chi connectivity index (χ3v) is 14.6. The Bertz CT molecular complexity index is 1190. The molecular formula is C35H81NO11Si7. The molecule has 320 valence electrons. The average molecular weight is 889 g/mol. The molecule has 2 aliphatic heterocycles. The van der Waals surface area contributed by atoms with Gasteiger partial charge in [-0.05, 0) is 137 Å². The fourth-order valence-electron chi connectivity index (χ4n) is 6.16. The Morgan fingerprint density at radius 1 is 0.444 bits per heavy atom. The quantitative estimate of drug-likeness (QED) is 0.128. The molecule has 12 nitrogen and oxygen atoms in total. The first-order valence-corrected chi connectivity index (χ1v) is 43.7. The Balaban J connectivity index is 2.89. The molecule has 2 fully saturated rings. The summed E-state index contributed by atoms with van der Waals surface area (Å²) in [4.78, 5) is 13.1. The lowest BCUT2D eigenvalue weighted by molar-refractivity contribution is -0.332. The summed E-state index contributed by atoms with van der Waals surface area (Å²) in [6.45, 7) is 47.4. The Hall–Kier alpha value is 0.588. The minimum absolute atomic E-state index is 0.220. The molecule has 0 saturated carbocycles. The van der Waals surface area contributed by atoms with Crippen LogP contribution in [0.4, 0.5) is 0 Å². The molecule has 2 heterocycles. The van der Waals surface area contributed by atoms with Gasteiger partial charge in [0.15, 0.2) is 70.8 Å². The first-order chi connectivity index (χ1) is 23.9. The Morgan fingerprint density at radius 3 is 1.19 bits per heavy atom. The van der Waals surface area contributed by atoms with Crippen molar-refractivity contribution in [3.05, 3.63) is 0 Å². The van der Waals surface area contributed by atoms with Crippen molar-refractivity contribution in [2.24, 2.45) is 0 Å².